The number of amides is 2. The van der Waals surface area contributed by atoms with Crippen LogP contribution in [0.15, 0.2) is 42.5 Å². The first-order valence-corrected chi connectivity index (χ1v) is 6.35. The van der Waals surface area contributed by atoms with E-state index in [1.165, 1.54) is 49.4 Å². The highest BCUT2D eigenvalue weighted by atomic mass is 16.6. The molecule has 7 heteroatoms. The fourth-order valence-electron chi connectivity index (χ4n) is 1.98. The van der Waals surface area contributed by atoms with E-state index in [0.717, 1.165) is 0 Å². The number of benzene rings is 2. The number of carbonyl (C=O) groups is 2. The van der Waals surface area contributed by atoms with Crippen LogP contribution < -0.4 is 11.1 Å². The van der Waals surface area contributed by atoms with Crippen molar-refractivity contribution in [2.24, 2.45) is 5.73 Å². The van der Waals surface area contributed by atoms with Crippen molar-refractivity contribution in [3.63, 3.8) is 0 Å². The van der Waals surface area contributed by atoms with Gasteiger partial charge in [-0.1, -0.05) is 6.07 Å². The van der Waals surface area contributed by atoms with Gasteiger partial charge in [0.1, 0.15) is 0 Å². The van der Waals surface area contributed by atoms with Crippen molar-refractivity contribution >= 4 is 23.2 Å². The Kier molecular flexibility index (Phi) is 4.17. The molecule has 22 heavy (non-hydrogen) atoms. The normalized spacial score (nSPS) is 10.0. The largest absolute Gasteiger partial charge is 0.366 e. The number of primary amides is 1. The SMILES string of the molecule is Cc1c(C(=O)Nc2ccc(C(N)=O)cc2)cccc1[N+](=O)[O-]. The maximum atomic E-state index is 12.2. The van der Waals surface area contributed by atoms with Crippen LogP contribution in [0.2, 0.25) is 0 Å². The van der Waals surface area contributed by atoms with Crippen LogP contribution in [-0.4, -0.2) is 16.7 Å². The molecule has 2 amide bonds. The average molecular weight is 299 g/mol. The fraction of sp³-hybridized carbons (Fsp3) is 0.0667. The van der Waals surface area contributed by atoms with Crippen molar-refractivity contribution in [1.82, 2.24) is 0 Å². The van der Waals surface area contributed by atoms with Gasteiger partial charge >= 0.3 is 0 Å². The highest BCUT2D eigenvalue weighted by molar-refractivity contribution is 6.06. The van der Waals surface area contributed by atoms with Gasteiger partial charge in [-0.15, -0.1) is 0 Å². The third-order valence-electron chi connectivity index (χ3n) is 3.17. The summed E-state index contributed by atoms with van der Waals surface area (Å²) in [6, 6.07) is 10.3. The topological polar surface area (TPSA) is 115 Å². The Bertz CT molecular complexity index is 754. The molecule has 0 atom stereocenters. The summed E-state index contributed by atoms with van der Waals surface area (Å²) in [6.45, 7) is 1.52. The molecule has 0 aliphatic carbocycles. The maximum absolute atomic E-state index is 12.2. The first-order chi connectivity index (χ1) is 10.4. The molecule has 0 saturated carbocycles. The van der Waals surface area contributed by atoms with Crippen LogP contribution in [0.1, 0.15) is 26.3 Å². The molecule has 3 N–H and O–H groups in total. The van der Waals surface area contributed by atoms with E-state index >= 15 is 0 Å². The third-order valence-corrected chi connectivity index (χ3v) is 3.17. The summed E-state index contributed by atoms with van der Waals surface area (Å²) >= 11 is 0. The van der Waals surface area contributed by atoms with Crippen LogP contribution in [0.25, 0.3) is 0 Å². The molecule has 0 fully saturated rings. The smallest absolute Gasteiger partial charge is 0.273 e. The van der Waals surface area contributed by atoms with Gasteiger partial charge < -0.3 is 11.1 Å². The minimum atomic E-state index is -0.563. The van der Waals surface area contributed by atoms with E-state index in [0.29, 0.717) is 16.8 Å². The van der Waals surface area contributed by atoms with Crippen molar-refractivity contribution in [3.05, 3.63) is 69.3 Å². The Balaban J connectivity index is 2.24. The van der Waals surface area contributed by atoms with E-state index in [-0.39, 0.29) is 11.3 Å². The molecule has 0 radical (unpaired) electrons. The number of nitrogens with two attached hydrogens (primary N) is 1. The van der Waals surface area contributed by atoms with Crippen molar-refractivity contribution in [3.8, 4) is 0 Å². The Morgan fingerprint density at radius 3 is 2.32 bits per heavy atom. The standard InChI is InChI=1S/C15H13N3O4/c1-9-12(3-2-4-13(9)18(21)22)15(20)17-11-7-5-10(6-8-11)14(16)19/h2-8H,1H3,(H2,16,19)(H,17,20). The lowest BCUT2D eigenvalue weighted by molar-refractivity contribution is -0.385. The molecule has 2 aromatic carbocycles. The van der Waals surface area contributed by atoms with Crippen molar-refractivity contribution in [1.29, 1.82) is 0 Å². The zero-order valence-corrected chi connectivity index (χ0v) is 11.7. The fourth-order valence-corrected chi connectivity index (χ4v) is 1.98. The molecular formula is C15H13N3O4. The lowest BCUT2D eigenvalue weighted by atomic mass is 10.1. The molecule has 112 valence electrons. The predicted molar refractivity (Wildman–Crippen MR) is 80.7 cm³/mol. The predicted octanol–water partition coefficient (Wildman–Crippen LogP) is 2.25. The molecule has 0 aromatic heterocycles. The molecule has 0 saturated heterocycles. The first kappa shape index (κ1) is 15.2. The number of nitrogens with zero attached hydrogens (tertiary/aromatic N) is 1. The number of nitro groups is 1. The lowest BCUT2D eigenvalue weighted by Gasteiger charge is -2.08. The molecule has 0 aliphatic rings. The zero-order chi connectivity index (χ0) is 16.3. The van der Waals surface area contributed by atoms with Gasteiger partial charge in [-0.3, -0.25) is 19.7 Å². The van der Waals surface area contributed by atoms with Crippen LogP contribution in [0.4, 0.5) is 11.4 Å². The van der Waals surface area contributed by atoms with Gasteiger partial charge in [0, 0.05) is 28.4 Å². The van der Waals surface area contributed by atoms with Gasteiger partial charge in [0.05, 0.1) is 4.92 Å². The number of rotatable bonds is 4. The van der Waals surface area contributed by atoms with Crippen molar-refractivity contribution in [2.75, 3.05) is 5.32 Å². The Morgan fingerprint density at radius 1 is 1.14 bits per heavy atom. The molecular weight excluding hydrogens is 286 g/mol. The van der Waals surface area contributed by atoms with E-state index < -0.39 is 16.7 Å². The molecule has 7 nitrogen and oxygen atoms in total. The summed E-state index contributed by atoms with van der Waals surface area (Å²) in [4.78, 5) is 33.5. The van der Waals surface area contributed by atoms with E-state index in [1.54, 1.807) is 0 Å². The highest BCUT2D eigenvalue weighted by Gasteiger charge is 2.17. The van der Waals surface area contributed by atoms with E-state index in [2.05, 4.69) is 5.32 Å². The minimum Gasteiger partial charge on any atom is -0.366 e. The number of carbonyl (C=O) groups excluding carboxylic acids is 2. The molecule has 0 unspecified atom stereocenters. The quantitative estimate of drug-likeness (QED) is 0.665. The van der Waals surface area contributed by atoms with Crippen molar-refractivity contribution in [2.45, 2.75) is 6.92 Å². The second-order valence-corrected chi connectivity index (χ2v) is 4.60. The third kappa shape index (κ3) is 3.09. The summed E-state index contributed by atoms with van der Waals surface area (Å²) in [6.07, 6.45) is 0. The Morgan fingerprint density at radius 2 is 1.77 bits per heavy atom. The molecule has 2 aromatic rings. The Hall–Kier alpha value is -3.22. The number of hydrogen-bond acceptors (Lipinski definition) is 4. The van der Waals surface area contributed by atoms with Crippen LogP contribution >= 0.6 is 0 Å². The average Bonchev–Trinajstić information content (AvgIpc) is 2.47. The summed E-state index contributed by atoms with van der Waals surface area (Å²) in [5.41, 5.74) is 6.31. The van der Waals surface area contributed by atoms with Gasteiger partial charge in [0.25, 0.3) is 11.6 Å². The van der Waals surface area contributed by atoms with Gasteiger partial charge in [0.15, 0.2) is 0 Å². The van der Waals surface area contributed by atoms with Crippen LogP contribution in [0.3, 0.4) is 0 Å². The van der Waals surface area contributed by atoms with Crippen molar-refractivity contribution < 1.29 is 14.5 Å². The summed E-state index contributed by atoms with van der Waals surface area (Å²) < 4.78 is 0. The second-order valence-electron chi connectivity index (χ2n) is 4.60. The molecule has 0 aliphatic heterocycles. The second kappa shape index (κ2) is 6.04. The van der Waals surface area contributed by atoms with Crippen LogP contribution in [-0.2, 0) is 0 Å². The number of hydrogen-bond donors (Lipinski definition) is 2. The number of nitrogens with one attached hydrogen (secondary N) is 1. The monoisotopic (exact) mass is 299 g/mol. The van der Waals surface area contributed by atoms with E-state index in [1.807, 2.05) is 0 Å². The van der Waals surface area contributed by atoms with E-state index in [4.69, 9.17) is 5.73 Å². The van der Waals surface area contributed by atoms with Gasteiger partial charge in [-0.25, -0.2) is 0 Å². The maximum Gasteiger partial charge on any atom is 0.273 e. The van der Waals surface area contributed by atoms with Crippen LogP contribution in [0.5, 0.6) is 0 Å². The molecule has 0 spiro atoms. The summed E-state index contributed by atoms with van der Waals surface area (Å²) in [5.74, 6) is -1.03. The number of nitro benzene ring substituents is 1. The molecule has 0 heterocycles. The lowest BCUT2D eigenvalue weighted by Crippen LogP contribution is -2.15. The Labute approximate surface area is 125 Å². The van der Waals surface area contributed by atoms with Gasteiger partial charge in [-0.05, 0) is 37.3 Å². The molecule has 0 bridgehead atoms. The van der Waals surface area contributed by atoms with E-state index in [9.17, 15) is 19.7 Å². The van der Waals surface area contributed by atoms with Crippen LogP contribution in [0, 0.1) is 17.0 Å². The van der Waals surface area contributed by atoms with Gasteiger partial charge in [-0.2, -0.15) is 0 Å². The molecule has 2 rings (SSSR count). The zero-order valence-electron chi connectivity index (χ0n) is 11.7. The summed E-state index contributed by atoms with van der Waals surface area (Å²) in [5, 5.41) is 13.5. The minimum absolute atomic E-state index is 0.114. The number of anilines is 1. The highest BCUT2D eigenvalue weighted by Crippen LogP contribution is 2.22. The van der Waals surface area contributed by atoms with Gasteiger partial charge in [0.2, 0.25) is 5.91 Å². The summed E-state index contributed by atoms with van der Waals surface area (Å²) in [7, 11) is 0. The first-order valence-electron chi connectivity index (χ1n) is 6.35.